The maximum atomic E-state index is 11.4. The Morgan fingerprint density at radius 2 is 1.28 bits per heavy atom. The largest absolute Gasteiger partial charge is 1.00 e. The Labute approximate surface area is 198 Å². The van der Waals surface area contributed by atoms with Gasteiger partial charge in [0, 0.05) is 0 Å². The van der Waals surface area contributed by atoms with E-state index in [0.29, 0.717) is 5.75 Å². The first-order chi connectivity index (χ1) is 13.5. The van der Waals surface area contributed by atoms with Crippen molar-refractivity contribution in [2.75, 3.05) is 0 Å². The van der Waals surface area contributed by atoms with Crippen molar-refractivity contribution in [1.29, 1.82) is 0 Å². The van der Waals surface area contributed by atoms with Crippen molar-refractivity contribution < 1.29 is 47.3 Å². The molecule has 4 nitrogen and oxygen atoms in total. The SMILES string of the molecule is CCCCCCCCCCCc1ccccc1Oc1ccccc1S(=O)(=O)[O-].[Na+]. The molecular weight excluding hydrogens is 395 g/mol. The van der Waals surface area contributed by atoms with Gasteiger partial charge in [0.25, 0.3) is 0 Å². The van der Waals surface area contributed by atoms with Gasteiger partial charge in [0.2, 0.25) is 0 Å². The molecule has 0 aliphatic carbocycles. The van der Waals surface area contributed by atoms with Crippen LogP contribution in [0.3, 0.4) is 0 Å². The molecule has 2 aromatic rings. The van der Waals surface area contributed by atoms with Gasteiger partial charge < -0.3 is 9.29 Å². The van der Waals surface area contributed by atoms with Crippen LogP contribution in [0, 0.1) is 0 Å². The van der Waals surface area contributed by atoms with Gasteiger partial charge in [0.1, 0.15) is 21.6 Å². The third kappa shape index (κ3) is 9.67. The van der Waals surface area contributed by atoms with Crippen molar-refractivity contribution in [3.05, 3.63) is 54.1 Å². The van der Waals surface area contributed by atoms with Crippen LogP contribution in [0.2, 0.25) is 0 Å². The molecule has 0 heterocycles. The van der Waals surface area contributed by atoms with Gasteiger partial charge in [-0.3, -0.25) is 0 Å². The molecule has 0 aliphatic heterocycles. The van der Waals surface area contributed by atoms with Gasteiger partial charge >= 0.3 is 29.6 Å². The number of aryl methyl sites for hydroxylation is 1. The average Bonchev–Trinajstić information content (AvgIpc) is 2.67. The summed E-state index contributed by atoms with van der Waals surface area (Å²) in [6.07, 6.45) is 12.3. The molecule has 2 rings (SSSR count). The standard InChI is InChI=1S/C23H32O4S.Na/c1-2-3-4-5-6-7-8-9-10-15-20-16-11-12-17-21(20)27-22-18-13-14-19-23(22)28(24,25)26;/h11-14,16-19H,2-10,15H2,1H3,(H,24,25,26);/q;+1/p-1. The molecule has 2 aromatic carbocycles. The van der Waals surface area contributed by atoms with Gasteiger partial charge in [-0.1, -0.05) is 88.6 Å². The summed E-state index contributed by atoms with van der Waals surface area (Å²) in [6.45, 7) is 2.24. The van der Waals surface area contributed by atoms with Crippen LogP contribution in [0.15, 0.2) is 53.4 Å². The summed E-state index contributed by atoms with van der Waals surface area (Å²) in [5.74, 6) is 0.690. The maximum absolute atomic E-state index is 11.4. The minimum Gasteiger partial charge on any atom is -0.744 e. The molecule has 0 spiro atoms. The second-order valence-electron chi connectivity index (χ2n) is 7.19. The summed E-state index contributed by atoms with van der Waals surface area (Å²) in [5.41, 5.74) is 1.03. The maximum Gasteiger partial charge on any atom is 1.00 e. The first-order valence-electron chi connectivity index (χ1n) is 10.3. The van der Waals surface area contributed by atoms with E-state index < -0.39 is 10.1 Å². The predicted octanol–water partition coefficient (Wildman–Crippen LogP) is 3.46. The molecular formula is C23H31NaO4S. The first kappa shape index (κ1) is 26.2. The molecule has 29 heavy (non-hydrogen) atoms. The third-order valence-corrected chi connectivity index (χ3v) is 5.74. The summed E-state index contributed by atoms with van der Waals surface area (Å²) >= 11 is 0. The molecule has 0 saturated carbocycles. The Kier molecular flexibility index (Phi) is 12.8. The molecule has 0 amide bonds. The zero-order valence-electron chi connectivity index (χ0n) is 17.7. The van der Waals surface area contributed by atoms with Crippen molar-refractivity contribution in [3.8, 4) is 11.5 Å². The van der Waals surface area contributed by atoms with Crippen LogP contribution in [0.4, 0.5) is 0 Å². The molecule has 0 radical (unpaired) electrons. The Bertz CT molecular complexity index is 821. The van der Waals surface area contributed by atoms with Crippen molar-refractivity contribution in [3.63, 3.8) is 0 Å². The molecule has 0 atom stereocenters. The molecule has 0 bridgehead atoms. The normalized spacial score (nSPS) is 11.1. The zero-order valence-corrected chi connectivity index (χ0v) is 20.5. The van der Waals surface area contributed by atoms with Crippen molar-refractivity contribution in [2.45, 2.75) is 76.0 Å². The summed E-state index contributed by atoms with van der Waals surface area (Å²) in [6, 6.07) is 13.6. The summed E-state index contributed by atoms with van der Waals surface area (Å²) in [4.78, 5) is -0.326. The van der Waals surface area contributed by atoms with E-state index in [1.54, 1.807) is 6.07 Å². The fourth-order valence-corrected chi connectivity index (χ4v) is 3.90. The van der Waals surface area contributed by atoms with Crippen molar-refractivity contribution in [2.24, 2.45) is 0 Å². The van der Waals surface area contributed by atoms with E-state index in [0.717, 1.165) is 18.4 Å². The minimum atomic E-state index is -4.58. The first-order valence-corrected chi connectivity index (χ1v) is 11.7. The third-order valence-electron chi connectivity index (χ3n) is 4.86. The number of hydrogen-bond acceptors (Lipinski definition) is 4. The summed E-state index contributed by atoms with van der Waals surface area (Å²) < 4.78 is 40.2. The Morgan fingerprint density at radius 3 is 1.90 bits per heavy atom. The van der Waals surface area contributed by atoms with E-state index in [1.807, 2.05) is 24.3 Å². The Balaban J connectivity index is 0.00000420. The average molecular weight is 427 g/mol. The van der Waals surface area contributed by atoms with E-state index in [9.17, 15) is 13.0 Å². The van der Waals surface area contributed by atoms with Gasteiger partial charge in [-0.25, -0.2) is 8.42 Å². The number of ether oxygens (including phenoxy) is 1. The van der Waals surface area contributed by atoms with E-state index >= 15 is 0 Å². The smallest absolute Gasteiger partial charge is 0.744 e. The minimum absolute atomic E-state index is 0. The monoisotopic (exact) mass is 426 g/mol. The molecule has 0 saturated heterocycles. The zero-order chi connectivity index (χ0) is 20.2. The van der Waals surface area contributed by atoms with E-state index in [1.165, 1.54) is 69.6 Å². The Morgan fingerprint density at radius 1 is 0.759 bits per heavy atom. The molecule has 0 aliphatic rings. The van der Waals surface area contributed by atoms with E-state index in [4.69, 9.17) is 4.74 Å². The van der Waals surface area contributed by atoms with Crippen LogP contribution in [0.5, 0.6) is 11.5 Å². The van der Waals surface area contributed by atoms with Crippen molar-refractivity contribution >= 4 is 10.1 Å². The van der Waals surface area contributed by atoms with Gasteiger partial charge in [0.15, 0.2) is 0 Å². The molecule has 0 fully saturated rings. The number of para-hydroxylation sites is 2. The van der Waals surface area contributed by atoms with Crippen LogP contribution in [-0.2, 0) is 16.5 Å². The molecule has 0 N–H and O–H groups in total. The van der Waals surface area contributed by atoms with Crippen LogP contribution in [-0.4, -0.2) is 13.0 Å². The van der Waals surface area contributed by atoms with Crippen LogP contribution < -0.4 is 34.3 Å². The van der Waals surface area contributed by atoms with Gasteiger partial charge in [-0.05, 0) is 36.6 Å². The van der Waals surface area contributed by atoms with Crippen LogP contribution in [0.25, 0.3) is 0 Å². The summed E-state index contributed by atoms with van der Waals surface area (Å²) in [7, 11) is -4.58. The number of hydrogen-bond donors (Lipinski definition) is 0. The van der Waals surface area contributed by atoms with Gasteiger partial charge in [0.05, 0.1) is 4.90 Å². The number of rotatable bonds is 13. The molecule has 0 aromatic heterocycles. The second kappa shape index (κ2) is 14.2. The van der Waals surface area contributed by atoms with E-state index in [2.05, 4.69) is 6.92 Å². The van der Waals surface area contributed by atoms with Crippen LogP contribution >= 0.6 is 0 Å². The fourth-order valence-electron chi connectivity index (χ4n) is 3.30. The second-order valence-corrected chi connectivity index (χ2v) is 8.54. The molecule has 0 unspecified atom stereocenters. The fraction of sp³-hybridized carbons (Fsp3) is 0.478. The predicted molar refractivity (Wildman–Crippen MR) is 112 cm³/mol. The van der Waals surface area contributed by atoms with Crippen molar-refractivity contribution in [1.82, 2.24) is 0 Å². The molecule has 6 heteroatoms. The quantitative estimate of drug-likeness (QED) is 0.279. The Hall–Kier alpha value is -0.850. The van der Waals surface area contributed by atoms with E-state index in [-0.39, 0.29) is 40.2 Å². The van der Waals surface area contributed by atoms with Gasteiger partial charge in [-0.15, -0.1) is 0 Å². The number of unbranched alkanes of at least 4 members (excludes halogenated alkanes) is 8. The molecule has 154 valence electrons. The topological polar surface area (TPSA) is 66.4 Å². The van der Waals surface area contributed by atoms with Gasteiger partial charge in [-0.2, -0.15) is 0 Å². The van der Waals surface area contributed by atoms with Crippen LogP contribution in [0.1, 0.15) is 70.3 Å². The number of benzene rings is 2. The summed E-state index contributed by atoms with van der Waals surface area (Å²) in [5, 5.41) is 0.